The first-order chi connectivity index (χ1) is 18.1. The molecule has 6 heteroatoms. The fourth-order valence-corrected chi connectivity index (χ4v) is 4.85. The second kappa shape index (κ2) is 11.8. The molecule has 0 atom stereocenters. The Morgan fingerprint density at radius 1 is 0.892 bits per heavy atom. The van der Waals surface area contributed by atoms with Gasteiger partial charge in [0.15, 0.2) is 5.82 Å². The number of hydrogen-bond donors (Lipinski definition) is 1. The summed E-state index contributed by atoms with van der Waals surface area (Å²) in [5.74, 6) is 0.718. The molecule has 0 radical (unpaired) electrons. The normalized spacial score (nSPS) is 19.8. The highest BCUT2D eigenvalue weighted by Gasteiger charge is 2.34. The van der Waals surface area contributed by atoms with Crippen molar-refractivity contribution in [2.45, 2.75) is 39.0 Å². The molecule has 3 heterocycles. The molecular weight excluding hydrogens is 460 g/mol. The van der Waals surface area contributed by atoms with E-state index in [1.165, 1.54) is 0 Å². The highest BCUT2D eigenvalue weighted by molar-refractivity contribution is 5.78. The molecule has 0 spiro atoms. The fourth-order valence-electron chi connectivity index (χ4n) is 4.85. The molecule has 1 N–H and O–H groups in total. The lowest BCUT2D eigenvalue weighted by Crippen LogP contribution is -2.36. The molecule has 2 aromatic heterocycles. The number of nitrogens with zero attached hydrogens (tertiary/aromatic N) is 3. The molecule has 4 aromatic rings. The standard InChI is InChI=1S/C31H36N4O2/c1-31(18-10-12-20-35(2)21-26-17-9-11-19-32-26)22-36-30(37-23-31)29-33-27(24-13-5-3-6-14-24)28(34-29)25-15-7-4-8-16-25/h3-9,11,13-17,19,30H,10,12,18,20-23H2,1-2H3,(H,33,34). The maximum absolute atomic E-state index is 6.24. The molecule has 6 nitrogen and oxygen atoms in total. The number of aromatic nitrogens is 3. The summed E-state index contributed by atoms with van der Waals surface area (Å²) in [4.78, 5) is 15.2. The molecule has 2 aromatic carbocycles. The number of nitrogens with one attached hydrogen (secondary N) is 1. The average molecular weight is 497 g/mol. The molecule has 1 fully saturated rings. The van der Waals surface area contributed by atoms with Crippen LogP contribution in [0.25, 0.3) is 22.5 Å². The third kappa shape index (κ3) is 6.52. The van der Waals surface area contributed by atoms with Gasteiger partial charge in [-0.3, -0.25) is 4.98 Å². The molecule has 1 aliphatic heterocycles. The summed E-state index contributed by atoms with van der Waals surface area (Å²) in [5.41, 5.74) is 5.18. The largest absolute Gasteiger partial charge is 0.345 e. The lowest BCUT2D eigenvalue weighted by atomic mass is 9.86. The van der Waals surface area contributed by atoms with E-state index in [1.807, 2.05) is 54.7 Å². The highest BCUT2D eigenvalue weighted by Crippen LogP contribution is 2.37. The molecule has 0 bridgehead atoms. The van der Waals surface area contributed by atoms with Gasteiger partial charge in [-0.25, -0.2) is 4.98 Å². The van der Waals surface area contributed by atoms with Crippen molar-refractivity contribution in [2.24, 2.45) is 5.41 Å². The molecular formula is C31H36N4O2. The maximum atomic E-state index is 6.24. The van der Waals surface area contributed by atoms with Crippen molar-refractivity contribution in [1.29, 1.82) is 0 Å². The van der Waals surface area contributed by atoms with Gasteiger partial charge < -0.3 is 19.4 Å². The highest BCUT2D eigenvalue weighted by atomic mass is 16.7. The van der Waals surface area contributed by atoms with Gasteiger partial charge in [0, 0.05) is 29.3 Å². The van der Waals surface area contributed by atoms with Gasteiger partial charge in [-0.1, -0.05) is 80.1 Å². The summed E-state index contributed by atoms with van der Waals surface area (Å²) >= 11 is 0. The molecule has 0 unspecified atom stereocenters. The van der Waals surface area contributed by atoms with Gasteiger partial charge in [-0.15, -0.1) is 0 Å². The summed E-state index contributed by atoms with van der Waals surface area (Å²) in [5, 5.41) is 0. The van der Waals surface area contributed by atoms with Gasteiger partial charge in [0.2, 0.25) is 6.29 Å². The zero-order valence-corrected chi connectivity index (χ0v) is 21.8. The third-order valence-corrected chi connectivity index (χ3v) is 6.95. The lowest BCUT2D eigenvalue weighted by molar-refractivity contribution is -0.235. The smallest absolute Gasteiger partial charge is 0.217 e. The molecule has 5 rings (SSSR count). The quantitative estimate of drug-likeness (QED) is 0.254. The number of H-pyrrole nitrogens is 1. The minimum atomic E-state index is -0.488. The molecule has 1 saturated heterocycles. The van der Waals surface area contributed by atoms with Gasteiger partial charge in [-0.2, -0.15) is 0 Å². The zero-order valence-electron chi connectivity index (χ0n) is 21.8. The second-order valence-corrected chi connectivity index (χ2v) is 10.4. The summed E-state index contributed by atoms with van der Waals surface area (Å²) in [6, 6.07) is 26.6. The van der Waals surface area contributed by atoms with Crippen LogP contribution in [0.1, 0.15) is 44.0 Å². The van der Waals surface area contributed by atoms with Crippen LogP contribution in [-0.4, -0.2) is 46.7 Å². The van der Waals surface area contributed by atoms with Crippen molar-refractivity contribution in [1.82, 2.24) is 19.9 Å². The van der Waals surface area contributed by atoms with Crippen molar-refractivity contribution < 1.29 is 9.47 Å². The number of ether oxygens (including phenoxy) is 2. The van der Waals surface area contributed by atoms with Crippen molar-refractivity contribution in [3.05, 3.63) is 96.6 Å². The first kappa shape index (κ1) is 25.3. The van der Waals surface area contributed by atoms with Gasteiger partial charge >= 0.3 is 0 Å². The predicted molar refractivity (Wildman–Crippen MR) is 147 cm³/mol. The van der Waals surface area contributed by atoms with Crippen LogP contribution in [0.5, 0.6) is 0 Å². The molecule has 0 aliphatic carbocycles. The van der Waals surface area contributed by atoms with E-state index in [0.717, 1.165) is 66.4 Å². The van der Waals surface area contributed by atoms with Gasteiger partial charge in [0.25, 0.3) is 0 Å². The monoisotopic (exact) mass is 496 g/mol. The van der Waals surface area contributed by atoms with Crippen LogP contribution in [-0.2, 0) is 16.0 Å². The Morgan fingerprint density at radius 2 is 1.57 bits per heavy atom. The van der Waals surface area contributed by atoms with Crippen LogP contribution < -0.4 is 0 Å². The Morgan fingerprint density at radius 3 is 2.24 bits per heavy atom. The van der Waals surface area contributed by atoms with Gasteiger partial charge in [-0.05, 0) is 38.6 Å². The first-order valence-corrected chi connectivity index (χ1v) is 13.1. The van der Waals surface area contributed by atoms with Crippen LogP contribution in [0, 0.1) is 5.41 Å². The first-order valence-electron chi connectivity index (χ1n) is 13.1. The molecule has 0 amide bonds. The predicted octanol–water partition coefficient (Wildman–Crippen LogP) is 6.49. The van der Waals surface area contributed by atoms with Crippen molar-refractivity contribution in [3.63, 3.8) is 0 Å². The SMILES string of the molecule is CN(CCCCC1(C)COC(c2nc(-c3ccccc3)c(-c3ccccc3)[nH]2)OC1)Cc1ccccn1. The number of imidazole rings is 1. The fraction of sp³-hybridized carbons (Fsp3) is 0.355. The van der Waals surface area contributed by atoms with Crippen LogP contribution in [0.2, 0.25) is 0 Å². The topological polar surface area (TPSA) is 63.3 Å². The number of rotatable bonds is 10. The van der Waals surface area contributed by atoms with Crippen molar-refractivity contribution in [2.75, 3.05) is 26.8 Å². The van der Waals surface area contributed by atoms with Crippen molar-refractivity contribution >= 4 is 0 Å². The van der Waals surface area contributed by atoms with E-state index < -0.39 is 6.29 Å². The zero-order chi connectivity index (χ0) is 25.5. The molecule has 0 saturated carbocycles. The van der Waals surface area contributed by atoms with E-state index >= 15 is 0 Å². The molecule has 192 valence electrons. The molecule has 1 aliphatic rings. The Kier molecular flexibility index (Phi) is 8.09. The van der Waals surface area contributed by atoms with Gasteiger partial charge in [0.1, 0.15) is 0 Å². The second-order valence-electron chi connectivity index (χ2n) is 10.4. The summed E-state index contributed by atoms with van der Waals surface area (Å²) in [6.45, 7) is 5.50. The van der Waals surface area contributed by atoms with Crippen LogP contribution in [0.3, 0.4) is 0 Å². The van der Waals surface area contributed by atoms with Crippen LogP contribution in [0.4, 0.5) is 0 Å². The Balaban J connectivity index is 1.17. The Hall–Kier alpha value is -3.32. The number of unbranched alkanes of at least 4 members (excludes halogenated alkanes) is 1. The van der Waals surface area contributed by atoms with Crippen molar-refractivity contribution in [3.8, 4) is 22.5 Å². The lowest BCUT2D eigenvalue weighted by Gasteiger charge is -2.36. The maximum Gasteiger partial charge on any atom is 0.217 e. The molecule has 37 heavy (non-hydrogen) atoms. The van der Waals surface area contributed by atoms with E-state index in [-0.39, 0.29) is 5.41 Å². The number of hydrogen-bond acceptors (Lipinski definition) is 5. The average Bonchev–Trinajstić information content (AvgIpc) is 3.39. The number of benzene rings is 2. The number of aromatic amines is 1. The van der Waals surface area contributed by atoms with Crippen LogP contribution in [0.15, 0.2) is 85.1 Å². The van der Waals surface area contributed by atoms with E-state index in [4.69, 9.17) is 14.5 Å². The van der Waals surface area contributed by atoms with E-state index in [9.17, 15) is 0 Å². The Bertz CT molecular complexity index is 1180. The Labute approximate surface area is 219 Å². The minimum Gasteiger partial charge on any atom is -0.345 e. The van der Waals surface area contributed by atoms with E-state index in [1.54, 1.807) is 0 Å². The van der Waals surface area contributed by atoms with Gasteiger partial charge in [0.05, 0.1) is 30.3 Å². The summed E-state index contributed by atoms with van der Waals surface area (Å²) in [7, 11) is 2.16. The summed E-state index contributed by atoms with van der Waals surface area (Å²) < 4.78 is 12.5. The van der Waals surface area contributed by atoms with Crippen LogP contribution >= 0.6 is 0 Å². The van der Waals surface area contributed by atoms with E-state index in [0.29, 0.717) is 13.2 Å². The number of pyridine rings is 1. The summed E-state index contributed by atoms with van der Waals surface area (Å²) in [6.07, 6.45) is 4.71. The minimum absolute atomic E-state index is 0.00711. The third-order valence-electron chi connectivity index (χ3n) is 6.95. The van der Waals surface area contributed by atoms with E-state index in [2.05, 4.69) is 59.2 Å².